The van der Waals surface area contributed by atoms with E-state index in [0.717, 1.165) is 18.4 Å². The first-order chi connectivity index (χ1) is 17.2. The van der Waals surface area contributed by atoms with Crippen LogP contribution >= 0.6 is 0 Å². The van der Waals surface area contributed by atoms with E-state index in [1.807, 2.05) is 19.1 Å². The molecule has 3 aromatic rings. The molecule has 1 atom stereocenters. The van der Waals surface area contributed by atoms with Gasteiger partial charge < -0.3 is 21.8 Å². The van der Waals surface area contributed by atoms with Gasteiger partial charge in [0, 0.05) is 29.4 Å². The smallest absolute Gasteiger partial charge is 0.269 e. The van der Waals surface area contributed by atoms with Crippen molar-refractivity contribution in [3.8, 4) is 11.3 Å². The Labute approximate surface area is 209 Å². The monoisotopic (exact) mass is 487 g/mol. The zero-order chi connectivity index (χ0) is 26.0. The van der Waals surface area contributed by atoms with Gasteiger partial charge in [-0.25, -0.2) is 14.6 Å². The predicted molar refractivity (Wildman–Crippen MR) is 136 cm³/mol. The fraction of sp³-hybridized carbons (Fsp3) is 0.269. The third kappa shape index (κ3) is 4.70. The Balaban J connectivity index is 1.63. The number of likely N-dealkylation sites (tertiary alicyclic amines) is 1. The number of aromatic nitrogens is 3. The Bertz CT molecular complexity index is 1340. The van der Waals surface area contributed by atoms with Crippen LogP contribution in [0.25, 0.3) is 11.3 Å². The lowest BCUT2D eigenvalue weighted by molar-refractivity contribution is -0.128. The number of hydrogen-bond donors (Lipinski definition) is 3. The van der Waals surface area contributed by atoms with Crippen LogP contribution in [0.1, 0.15) is 65.0 Å². The first kappa shape index (κ1) is 24.6. The van der Waals surface area contributed by atoms with E-state index >= 15 is 0 Å². The third-order valence-electron chi connectivity index (χ3n) is 6.24. The number of imidazole rings is 1. The van der Waals surface area contributed by atoms with E-state index in [2.05, 4.69) is 21.9 Å². The van der Waals surface area contributed by atoms with Gasteiger partial charge in [-0.1, -0.05) is 25.6 Å². The third-order valence-corrected chi connectivity index (χ3v) is 6.24. The number of nitrogens with two attached hydrogens (primary N) is 2. The summed E-state index contributed by atoms with van der Waals surface area (Å²) in [6.07, 6.45) is 3.91. The molecule has 0 aliphatic carbocycles. The summed E-state index contributed by atoms with van der Waals surface area (Å²) >= 11 is 0. The lowest BCUT2D eigenvalue weighted by Gasteiger charge is -2.24. The minimum Gasteiger partial charge on any atom is -0.364 e. The van der Waals surface area contributed by atoms with E-state index in [1.54, 1.807) is 42.3 Å². The summed E-state index contributed by atoms with van der Waals surface area (Å²) in [5.41, 5.74) is 8.41. The molecule has 1 fully saturated rings. The Hall–Kier alpha value is -4.47. The van der Waals surface area contributed by atoms with E-state index in [0.29, 0.717) is 47.0 Å². The van der Waals surface area contributed by atoms with E-state index in [4.69, 9.17) is 11.6 Å². The molecule has 0 spiro atoms. The second-order valence-electron chi connectivity index (χ2n) is 8.77. The molecule has 4 rings (SSSR count). The number of rotatable bonds is 7. The van der Waals surface area contributed by atoms with Gasteiger partial charge >= 0.3 is 0 Å². The van der Waals surface area contributed by atoms with E-state index in [9.17, 15) is 14.4 Å². The van der Waals surface area contributed by atoms with E-state index in [-0.39, 0.29) is 17.5 Å². The van der Waals surface area contributed by atoms with Crippen molar-refractivity contribution in [1.82, 2.24) is 19.5 Å². The second kappa shape index (κ2) is 10.0. The molecule has 10 heteroatoms. The van der Waals surface area contributed by atoms with Crippen molar-refractivity contribution in [2.45, 2.75) is 39.2 Å². The fourth-order valence-corrected chi connectivity index (χ4v) is 4.38. The van der Waals surface area contributed by atoms with Gasteiger partial charge in [-0.2, -0.15) is 0 Å². The highest BCUT2D eigenvalue weighted by Crippen LogP contribution is 2.35. The van der Waals surface area contributed by atoms with Crippen molar-refractivity contribution >= 4 is 23.5 Å². The van der Waals surface area contributed by atoms with Crippen LogP contribution < -0.4 is 16.9 Å². The summed E-state index contributed by atoms with van der Waals surface area (Å²) in [5.74, 6) is 5.86. The second-order valence-corrected chi connectivity index (χ2v) is 8.77. The Morgan fingerprint density at radius 3 is 2.56 bits per heavy atom. The van der Waals surface area contributed by atoms with E-state index in [1.165, 1.54) is 4.68 Å². The van der Waals surface area contributed by atoms with Gasteiger partial charge in [0.15, 0.2) is 11.5 Å². The highest BCUT2D eigenvalue weighted by atomic mass is 16.2. The Morgan fingerprint density at radius 1 is 1.19 bits per heavy atom. The van der Waals surface area contributed by atoms with Gasteiger partial charge in [0.05, 0.1) is 6.04 Å². The van der Waals surface area contributed by atoms with Gasteiger partial charge in [-0.15, -0.1) is 0 Å². The zero-order valence-electron chi connectivity index (χ0n) is 20.3. The van der Waals surface area contributed by atoms with Crippen molar-refractivity contribution in [2.75, 3.05) is 17.7 Å². The fourth-order valence-electron chi connectivity index (χ4n) is 4.38. The van der Waals surface area contributed by atoms with Gasteiger partial charge in [-0.05, 0) is 56.0 Å². The van der Waals surface area contributed by atoms with Crippen LogP contribution in [0.15, 0.2) is 54.7 Å². The summed E-state index contributed by atoms with van der Waals surface area (Å²) in [4.78, 5) is 48.1. The molecule has 2 aromatic heterocycles. The molecule has 0 bridgehead atoms. The van der Waals surface area contributed by atoms with Crippen LogP contribution in [-0.4, -0.2) is 43.8 Å². The molecule has 3 heterocycles. The molecule has 5 N–H and O–H groups in total. The van der Waals surface area contributed by atoms with Crippen LogP contribution in [-0.2, 0) is 11.2 Å². The zero-order valence-corrected chi connectivity index (χ0v) is 20.3. The van der Waals surface area contributed by atoms with E-state index < -0.39 is 11.9 Å². The number of anilines is 1. The van der Waals surface area contributed by atoms with Gasteiger partial charge in [0.1, 0.15) is 11.5 Å². The highest BCUT2D eigenvalue weighted by Gasteiger charge is 2.35. The maximum absolute atomic E-state index is 12.7. The number of nitrogen functional groups attached to an aromatic ring is 1. The van der Waals surface area contributed by atoms with Crippen molar-refractivity contribution in [1.29, 1.82) is 0 Å². The lowest BCUT2D eigenvalue weighted by Crippen LogP contribution is -2.34. The number of carbonyl (C=O) groups is 3. The molecule has 0 radical (unpaired) electrons. The number of pyridine rings is 1. The minimum atomic E-state index is -0.745. The summed E-state index contributed by atoms with van der Waals surface area (Å²) in [7, 11) is 0. The highest BCUT2D eigenvalue weighted by molar-refractivity contribution is 6.04. The molecule has 10 nitrogen and oxygen atoms in total. The molecule has 1 saturated heterocycles. The topological polar surface area (TPSA) is 149 Å². The van der Waals surface area contributed by atoms with Crippen molar-refractivity contribution in [3.05, 3.63) is 77.4 Å². The summed E-state index contributed by atoms with van der Waals surface area (Å²) < 4.78 is 1.17. The number of nitrogens with one attached hydrogen (secondary N) is 1. The number of carbonyl (C=O) groups excluding carboxylic acids is 3. The van der Waals surface area contributed by atoms with Gasteiger partial charge in [0.2, 0.25) is 5.91 Å². The molecular formula is C26H29N7O3. The normalized spacial score (nSPS) is 15.1. The maximum Gasteiger partial charge on any atom is 0.269 e. The van der Waals surface area contributed by atoms with Gasteiger partial charge in [0.25, 0.3) is 11.8 Å². The summed E-state index contributed by atoms with van der Waals surface area (Å²) in [6.45, 7) is 7.97. The van der Waals surface area contributed by atoms with Crippen LogP contribution in [0.2, 0.25) is 0 Å². The molecule has 3 amide bonds. The molecule has 186 valence electrons. The lowest BCUT2D eigenvalue weighted by atomic mass is 10.1. The number of aryl methyl sites for hydroxylation is 1. The SMILES string of the molecule is C=C(C)C(=O)N1CCC[C@H]1c1nc(-c2ccc(C(=O)Nc3cc(CC)ccn3)cc2)c(C(N)=O)n1N. The first-order valence-electron chi connectivity index (χ1n) is 11.7. The average Bonchev–Trinajstić information content (AvgIpc) is 3.48. The van der Waals surface area contributed by atoms with Crippen molar-refractivity contribution < 1.29 is 14.4 Å². The number of amides is 3. The molecule has 36 heavy (non-hydrogen) atoms. The van der Waals surface area contributed by atoms with Crippen LogP contribution in [0, 0.1) is 0 Å². The van der Waals surface area contributed by atoms with Crippen molar-refractivity contribution in [2.24, 2.45) is 5.73 Å². The number of primary amides is 1. The predicted octanol–water partition coefficient (Wildman–Crippen LogP) is 2.81. The Kier molecular flexibility index (Phi) is 6.86. The summed E-state index contributed by atoms with van der Waals surface area (Å²) in [6, 6.07) is 9.92. The van der Waals surface area contributed by atoms with Crippen LogP contribution in [0.5, 0.6) is 0 Å². The molecule has 0 unspecified atom stereocenters. The standard InChI is InChI=1S/C26H29N7O3/c1-4-16-11-12-29-20(14-16)30-25(35)18-9-7-17(8-10-18)21-22(23(27)34)33(28)24(31-21)19-6-5-13-32(19)26(36)15(2)3/h7-12,14,19H,2,4-6,13,28H2,1,3H3,(H2,27,34)(H,29,30,35)/t19-/m0/s1. The number of nitrogens with zero attached hydrogens (tertiary/aromatic N) is 4. The van der Waals surface area contributed by atoms with Crippen LogP contribution in [0.4, 0.5) is 5.82 Å². The molecule has 1 aliphatic heterocycles. The summed E-state index contributed by atoms with van der Waals surface area (Å²) in [5, 5.41) is 2.79. The number of hydrogen-bond acceptors (Lipinski definition) is 6. The maximum atomic E-state index is 12.7. The quantitative estimate of drug-likeness (QED) is 0.345. The van der Waals surface area contributed by atoms with Gasteiger partial charge in [-0.3, -0.25) is 14.4 Å². The van der Waals surface area contributed by atoms with Crippen molar-refractivity contribution in [3.63, 3.8) is 0 Å². The average molecular weight is 488 g/mol. The molecule has 0 saturated carbocycles. The number of benzene rings is 1. The first-order valence-corrected chi connectivity index (χ1v) is 11.7. The molecular weight excluding hydrogens is 458 g/mol. The molecule has 1 aromatic carbocycles. The minimum absolute atomic E-state index is 0.0254. The van der Waals surface area contributed by atoms with Crippen LogP contribution in [0.3, 0.4) is 0 Å². The molecule has 1 aliphatic rings. The Morgan fingerprint density at radius 2 is 1.92 bits per heavy atom. The largest absolute Gasteiger partial charge is 0.364 e.